The zero-order valence-corrected chi connectivity index (χ0v) is 24.5. The average Bonchev–Trinajstić information content (AvgIpc) is 2.97. The number of benzene rings is 2. The molecule has 1 aliphatic heterocycles. The number of hydrogen-bond acceptors (Lipinski definition) is 2. The molecule has 1 spiro atoms. The third kappa shape index (κ3) is 6.95. The van der Waals surface area contributed by atoms with E-state index in [4.69, 9.17) is 4.74 Å². The summed E-state index contributed by atoms with van der Waals surface area (Å²) >= 11 is 2.49. The molecule has 1 saturated heterocycles. The van der Waals surface area contributed by atoms with Crippen molar-refractivity contribution in [3.05, 3.63) is 65.2 Å². The van der Waals surface area contributed by atoms with E-state index in [0.717, 1.165) is 11.3 Å². The van der Waals surface area contributed by atoms with Crippen molar-refractivity contribution in [2.75, 3.05) is 4.90 Å². The Bertz CT molecular complexity index is 939. The predicted octanol–water partition coefficient (Wildman–Crippen LogP) is 4.89. The molecule has 0 unspecified atom stereocenters. The molecule has 0 bridgehead atoms. The van der Waals surface area contributed by atoms with Crippen molar-refractivity contribution in [3.63, 3.8) is 0 Å². The number of nitrogens with zero attached hydrogens (tertiary/aromatic N) is 1. The molecule has 0 aromatic heterocycles. The van der Waals surface area contributed by atoms with Crippen molar-refractivity contribution in [1.82, 2.24) is 0 Å². The van der Waals surface area contributed by atoms with Gasteiger partial charge < -0.3 is 17.3 Å². The molecular formula is C30H42ClNORu-. The summed E-state index contributed by atoms with van der Waals surface area (Å²) in [6.07, 6.45) is 8.57. The zero-order valence-electron chi connectivity index (χ0n) is 22.0. The first kappa shape index (κ1) is 29.1. The van der Waals surface area contributed by atoms with E-state index in [2.05, 4.69) is 76.0 Å². The molecular weight excluding hydrogens is 527 g/mol. The largest absolute Gasteiger partial charge is 1.00 e. The molecule has 2 nitrogen and oxygen atoms in total. The molecule has 1 heterocycles. The van der Waals surface area contributed by atoms with Crippen LogP contribution in [0.3, 0.4) is 0 Å². The summed E-state index contributed by atoms with van der Waals surface area (Å²) in [6, 6.07) is 12.7. The van der Waals surface area contributed by atoms with Crippen LogP contribution in [-0.2, 0) is 17.9 Å². The Morgan fingerprint density at radius 3 is 2.15 bits per heavy atom. The second kappa shape index (κ2) is 12.2. The van der Waals surface area contributed by atoms with Gasteiger partial charge in [-0.1, -0.05) is 56.2 Å². The molecule has 0 amide bonds. The molecule has 4 rings (SSSR count). The normalized spacial score (nSPS) is 18.2. The number of halogens is 1. The van der Waals surface area contributed by atoms with Crippen LogP contribution in [0.2, 0.25) is 0 Å². The van der Waals surface area contributed by atoms with Gasteiger partial charge in [-0.2, -0.15) is 0 Å². The van der Waals surface area contributed by atoms with Crippen LogP contribution in [-0.4, -0.2) is 16.3 Å². The van der Waals surface area contributed by atoms with E-state index in [1.54, 1.807) is 0 Å². The van der Waals surface area contributed by atoms with Gasteiger partial charge in [-0.15, -0.1) is 5.41 Å². The molecule has 2 aromatic carbocycles. The van der Waals surface area contributed by atoms with Gasteiger partial charge in [-0.05, 0) is 45.7 Å². The van der Waals surface area contributed by atoms with E-state index in [-0.39, 0.29) is 24.0 Å². The van der Waals surface area contributed by atoms with Gasteiger partial charge in [-0.3, -0.25) is 0 Å². The van der Waals surface area contributed by atoms with Gasteiger partial charge >= 0.3 is 82.7 Å². The van der Waals surface area contributed by atoms with Crippen LogP contribution in [0.1, 0.15) is 88.5 Å². The van der Waals surface area contributed by atoms with E-state index in [1.807, 2.05) is 42.7 Å². The second-order valence-corrected chi connectivity index (χ2v) is 11.5. The summed E-state index contributed by atoms with van der Waals surface area (Å²) < 4.78 is 7.58. The zero-order chi connectivity index (χ0) is 24.2. The van der Waals surface area contributed by atoms with E-state index in [0.29, 0.717) is 5.41 Å². The molecule has 2 fully saturated rings. The molecule has 2 aromatic rings. The van der Waals surface area contributed by atoms with E-state index in [9.17, 15) is 0 Å². The summed E-state index contributed by atoms with van der Waals surface area (Å²) in [7, 11) is 0. The van der Waals surface area contributed by atoms with Crippen molar-refractivity contribution < 1.29 is 35.0 Å². The molecule has 1 aliphatic carbocycles. The number of hydrogen-bond donors (Lipinski definition) is 0. The van der Waals surface area contributed by atoms with Crippen LogP contribution in [0.15, 0.2) is 36.4 Å². The van der Waals surface area contributed by atoms with Gasteiger partial charge in [0.1, 0.15) is 0 Å². The number of ether oxygens (including phenoxy) is 1. The van der Waals surface area contributed by atoms with Crippen LogP contribution in [0.4, 0.5) is 5.69 Å². The summed E-state index contributed by atoms with van der Waals surface area (Å²) in [5.41, 5.74) is 7.50. The minimum absolute atomic E-state index is 0. The Morgan fingerprint density at radius 1 is 1.00 bits per heavy atom. The van der Waals surface area contributed by atoms with Crippen molar-refractivity contribution >= 4 is 10.3 Å². The molecule has 189 valence electrons. The number of rotatable bonds is 4. The van der Waals surface area contributed by atoms with Gasteiger partial charge in [0.25, 0.3) is 0 Å². The fraction of sp³-hybridized carbons (Fsp3) is 0.533. The number of anilines is 1. The maximum absolute atomic E-state index is 5.59. The van der Waals surface area contributed by atoms with E-state index < -0.39 is 0 Å². The van der Waals surface area contributed by atoms with Gasteiger partial charge in [0.15, 0.2) is 0 Å². The Morgan fingerprint density at radius 2 is 1.59 bits per heavy atom. The quantitative estimate of drug-likeness (QED) is 0.385. The molecule has 4 heteroatoms. The predicted molar refractivity (Wildman–Crippen MR) is 139 cm³/mol. The SMILES string of the molecule is CC(C)Oc1ccccc1[CH]=[Ru+].Cc1cc(C)c(N2[CH-]C3(CCCCC3)CC2(C)C)c(C)c1.[Cl-]. The van der Waals surface area contributed by atoms with Crippen molar-refractivity contribution in [3.8, 4) is 5.75 Å². The second-order valence-electron chi connectivity index (χ2n) is 11.0. The van der Waals surface area contributed by atoms with Crippen LogP contribution >= 0.6 is 0 Å². The standard InChI is InChI=1S/C20H30N.C10H12O.ClH.Ru/c1-15-11-16(2)18(17(3)12-15)21-14-20(13-19(21,4)5)9-7-6-8-10-20;1-8(2)11-10-7-5-4-6-9(10)3;;/h11-12,14H,6-10,13H2,1-5H3;3-8H,1-2H3;1H;/q-1;;;+1/p-1. The fourth-order valence-electron chi connectivity index (χ4n) is 5.85. The summed E-state index contributed by atoms with van der Waals surface area (Å²) in [4.78, 5) is 2.61. The van der Waals surface area contributed by atoms with Crippen LogP contribution in [0.5, 0.6) is 5.75 Å². The van der Waals surface area contributed by atoms with Gasteiger partial charge in [0, 0.05) is 11.2 Å². The Balaban J connectivity index is 0.000000270. The smallest absolute Gasteiger partial charge is 0.0134 e. The molecule has 2 aliphatic rings. The molecule has 1 saturated carbocycles. The molecule has 0 N–H and O–H groups in total. The Labute approximate surface area is 224 Å². The minimum atomic E-state index is 0. The first-order valence-corrected chi connectivity index (χ1v) is 13.5. The minimum Gasteiger partial charge on any atom is -1.00 e. The first-order valence-electron chi connectivity index (χ1n) is 12.5. The van der Waals surface area contributed by atoms with Crippen molar-refractivity contribution in [2.24, 2.45) is 5.41 Å². The Hall–Kier alpha value is -1.18. The van der Waals surface area contributed by atoms with E-state index in [1.165, 1.54) is 60.9 Å². The van der Waals surface area contributed by atoms with E-state index >= 15 is 0 Å². The third-order valence-corrected chi connectivity index (χ3v) is 7.50. The number of aryl methyl sites for hydroxylation is 3. The Kier molecular flexibility index (Phi) is 10.4. The average molecular weight is 569 g/mol. The third-order valence-electron chi connectivity index (χ3n) is 6.96. The van der Waals surface area contributed by atoms with Crippen LogP contribution < -0.4 is 22.0 Å². The monoisotopic (exact) mass is 569 g/mol. The van der Waals surface area contributed by atoms with Crippen molar-refractivity contribution in [2.45, 2.75) is 98.6 Å². The van der Waals surface area contributed by atoms with Crippen LogP contribution in [0.25, 0.3) is 0 Å². The van der Waals surface area contributed by atoms with Crippen molar-refractivity contribution in [1.29, 1.82) is 0 Å². The first-order chi connectivity index (χ1) is 15.6. The molecule has 0 radical (unpaired) electrons. The number of para-hydroxylation sites is 1. The van der Waals surface area contributed by atoms with Gasteiger partial charge in [-0.25, -0.2) is 6.54 Å². The maximum atomic E-state index is 5.59. The molecule has 34 heavy (non-hydrogen) atoms. The molecule has 0 atom stereocenters. The summed E-state index contributed by atoms with van der Waals surface area (Å²) in [5, 5.41) is 0. The summed E-state index contributed by atoms with van der Waals surface area (Å²) in [5.74, 6) is 0.950. The maximum Gasteiger partial charge on any atom is 0.0134 e. The van der Waals surface area contributed by atoms with Gasteiger partial charge in [0.05, 0.1) is 0 Å². The summed E-state index contributed by atoms with van der Waals surface area (Å²) in [6.45, 7) is 18.2. The topological polar surface area (TPSA) is 12.5 Å². The van der Waals surface area contributed by atoms with Crippen LogP contribution in [0, 0.1) is 32.7 Å². The fourth-order valence-corrected chi connectivity index (χ4v) is 6.26. The van der Waals surface area contributed by atoms with Gasteiger partial charge in [0.2, 0.25) is 0 Å².